The van der Waals surface area contributed by atoms with Crippen LogP contribution in [0.2, 0.25) is 0 Å². The highest BCUT2D eigenvalue weighted by atomic mass is 35.5. The largest absolute Gasteiger partial charge is 0.477 e. The number of hydrogen-bond donors (Lipinski definition) is 1. The van der Waals surface area contributed by atoms with Gasteiger partial charge in [-0.2, -0.15) is 0 Å². The van der Waals surface area contributed by atoms with Crippen molar-refractivity contribution < 1.29 is 9.90 Å². The molecule has 68 valence electrons. The van der Waals surface area contributed by atoms with E-state index in [1.165, 1.54) is 4.90 Å². The molecule has 0 aliphatic carbocycles. The molecule has 1 unspecified atom stereocenters. The van der Waals surface area contributed by atoms with Crippen molar-refractivity contribution in [3.8, 4) is 0 Å². The maximum absolute atomic E-state index is 10.7. The first kappa shape index (κ1) is 10.0. The number of hydrogen-bond acceptors (Lipinski definition) is 3. The number of carboxylic acid groups (broad SMARTS) is 1. The van der Waals surface area contributed by atoms with Gasteiger partial charge >= 0.3 is 5.97 Å². The molecule has 1 atom stereocenters. The molecule has 1 N–H and O–H groups in total. The van der Waals surface area contributed by atoms with E-state index in [2.05, 4.69) is 0 Å². The van der Waals surface area contributed by atoms with E-state index in [-0.39, 0.29) is 10.1 Å². The molecular formula is C6H7Cl2NO2S. The van der Waals surface area contributed by atoms with Gasteiger partial charge in [0.15, 0.2) is 10.5 Å². The number of thioether (sulfide) groups is 1. The molecule has 0 amide bonds. The average Bonchev–Trinajstić information content (AvgIpc) is 2.24. The van der Waals surface area contributed by atoms with Gasteiger partial charge in [0.25, 0.3) is 0 Å². The lowest BCUT2D eigenvalue weighted by atomic mass is 10.4. The van der Waals surface area contributed by atoms with Gasteiger partial charge in [-0.05, 0) is 6.92 Å². The fourth-order valence-corrected chi connectivity index (χ4v) is 2.88. The van der Waals surface area contributed by atoms with Gasteiger partial charge in [0.05, 0.1) is 0 Å². The van der Waals surface area contributed by atoms with Crippen molar-refractivity contribution in [1.29, 1.82) is 0 Å². The fraction of sp³-hybridized carbons (Fsp3) is 0.500. The highest BCUT2D eigenvalue weighted by Gasteiger charge is 2.33. The van der Waals surface area contributed by atoms with Crippen LogP contribution in [0.25, 0.3) is 0 Å². The van der Waals surface area contributed by atoms with E-state index in [0.29, 0.717) is 6.54 Å². The van der Waals surface area contributed by atoms with Gasteiger partial charge in [-0.15, -0.1) is 0 Å². The van der Waals surface area contributed by atoms with Gasteiger partial charge in [0.2, 0.25) is 0 Å². The molecule has 6 heteroatoms. The Labute approximate surface area is 84.3 Å². The van der Waals surface area contributed by atoms with E-state index >= 15 is 0 Å². The van der Waals surface area contributed by atoms with Gasteiger partial charge in [-0.1, -0.05) is 35.0 Å². The lowest BCUT2D eigenvalue weighted by Crippen LogP contribution is -2.27. The summed E-state index contributed by atoms with van der Waals surface area (Å²) in [6.45, 7) is 2.37. The lowest BCUT2D eigenvalue weighted by Gasteiger charge is -2.19. The van der Waals surface area contributed by atoms with Crippen molar-refractivity contribution in [2.24, 2.45) is 0 Å². The van der Waals surface area contributed by atoms with Crippen molar-refractivity contribution >= 4 is 40.9 Å². The number of carbonyl (C=O) groups is 1. The average molecular weight is 228 g/mol. The quantitative estimate of drug-likeness (QED) is 0.580. The Hall–Kier alpha value is -0.0600. The number of likely N-dealkylation sites (N-methyl/N-ethyl adjacent to an activating group) is 1. The van der Waals surface area contributed by atoms with Crippen molar-refractivity contribution in [2.75, 3.05) is 6.54 Å². The molecule has 3 nitrogen and oxygen atoms in total. The minimum atomic E-state index is -1.03. The first-order chi connectivity index (χ1) is 5.57. The van der Waals surface area contributed by atoms with Crippen LogP contribution in [-0.2, 0) is 4.79 Å². The second kappa shape index (κ2) is 3.77. The Balaban J connectivity index is 2.92. The van der Waals surface area contributed by atoms with Crippen LogP contribution in [0.15, 0.2) is 10.1 Å². The molecule has 0 aromatic heterocycles. The Morgan fingerprint density at radius 1 is 1.83 bits per heavy atom. The summed E-state index contributed by atoms with van der Waals surface area (Å²) < 4.78 is 0.254. The molecule has 1 aliphatic rings. The molecule has 1 aliphatic heterocycles. The number of carboxylic acids is 1. The maximum Gasteiger partial charge on any atom is 0.354 e. The first-order valence-electron chi connectivity index (χ1n) is 3.28. The zero-order valence-electron chi connectivity index (χ0n) is 6.25. The highest BCUT2D eigenvalue weighted by molar-refractivity contribution is 8.06. The van der Waals surface area contributed by atoms with Crippen LogP contribution in [0.4, 0.5) is 0 Å². The number of rotatable bonds is 2. The van der Waals surface area contributed by atoms with Crippen LogP contribution in [0.5, 0.6) is 0 Å². The highest BCUT2D eigenvalue weighted by Crippen LogP contribution is 2.41. The Kier molecular flexibility index (Phi) is 3.15. The van der Waals surface area contributed by atoms with Crippen molar-refractivity contribution in [3.05, 3.63) is 10.1 Å². The topological polar surface area (TPSA) is 40.5 Å². The molecule has 0 aromatic carbocycles. The zero-order chi connectivity index (χ0) is 9.30. The van der Waals surface area contributed by atoms with E-state index < -0.39 is 10.8 Å². The number of aliphatic carboxylic acids is 1. The monoisotopic (exact) mass is 227 g/mol. The smallest absolute Gasteiger partial charge is 0.354 e. The molecule has 0 bridgehead atoms. The predicted molar refractivity (Wildman–Crippen MR) is 50.1 cm³/mol. The molecule has 0 saturated carbocycles. The van der Waals surface area contributed by atoms with E-state index in [0.717, 1.165) is 11.8 Å². The van der Waals surface area contributed by atoms with Crippen molar-refractivity contribution in [2.45, 2.75) is 11.8 Å². The summed E-state index contributed by atoms with van der Waals surface area (Å²) >= 11 is 12.6. The van der Waals surface area contributed by atoms with E-state index in [4.69, 9.17) is 28.3 Å². The van der Waals surface area contributed by atoms with E-state index in [1.54, 1.807) is 0 Å². The van der Waals surface area contributed by atoms with Crippen LogP contribution in [-0.4, -0.2) is 27.4 Å². The number of alkyl halides is 1. The molecule has 0 fully saturated rings. The third-order valence-electron chi connectivity index (χ3n) is 1.46. The zero-order valence-corrected chi connectivity index (χ0v) is 8.58. The summed E-state index contributed by atoms with van der Waals surface area (Å²) in [6.07, 6.45) is 0. The van der Waals surface area contributed by atoms with E-state index in [1.807, 2.05) is 6.92 Å². The minimum Gasteiger partial charge on any atom is -0.477 e. The molecule has 0 radical (unpaired) electrons. The van der Waals surface area contributed by atoms with Crippen LogP contribution in [0.1, 0.15) is 6.92 Å². The summed E-state index contributed by atoms with van der Waals surface area (Å²) in [5.74, 6) is -1.03. The molecule has 1 heterocycles. The third kappa shape index (κ3) is 1.65. The van der Waals surface area contributed by atoms with Crippen molar-refractivity contribution in [3.63, 3.8) is 0 Å². The SMILES string of the molecule is CCN1C(C(=O)O)=C(Cl)SC1Cl. The van der Waals surface area contributed by atoms with Gasteiger partial charge in [-0.25, -0.2) is 4.79 Å². The normalized spacial score (nSPS) is 23.6. The summed E-state index contributed by atoms with van der Waals surface area (Å²) in [7, 11) is 0. The van der Waals surface area contributed by atoms with Crippen LogP contribution >= 0.6 is 35.0 Å². The van der Waals surface area contributed by atoms with Gasteiger partial charge in [-0.3, -0.25) is 0 Å². The summed E-state index contributed by atoms with van der Waals surface area (Å²) in [5, 5.41) is 8.75. The Bertz CT molecular complexity index is 244. The van der Waals surface area contributed by atoms with Gasteiger partial charge < -0.3 is 10.0 Å². The van der Waals surface area contributed by atoms with Crippen LogP contribution in [0.3, 0.4) is 0 Å². The second-order valence-corrected chi connectivity index (χ2v) is 4.49. The molecule has 1 rings (SSSR count). The molecule has 12 heavy (non-hydrogen) atoms. The van der Waals surface area contributed by atoms with Gasteiger partial charge in [0, 0.05) is 6.54 Å². The Morgan fingerprint density at radius 2 is 2.42 bits per heavy atom. The molecule has 0 aromatic rings. The third-order valence-corrected chi connectivity index (χ3v) is 3.26. The molecular weight excluding hydrogens is 221 g/mol. The van der Waals surface area contributed by atoms with Crippen LogP contribution < -0.4 is 0 Å². The summed E-state index contributed by atoms with van der Waals surface area (Å²) in [5.41, 5.74) is 0.101. The molecule has 0 spiro atoms. The fourth-order valence-electron chi connectivity index (χ4n) is 0.928. The maximum atomic E-state index is 10.7. The van der Waals surface area contributed by atoms with Crippen molar-refractivity contribution in [1.82, 2.24) is 4.90 Å². The summed E-state index contributed by atoms with van der Waals surface area (Å²) in [6, 6.07) is 0. The standard InChI is InChI=1S/C6H7Cl2NO2S/c1-2-9-3(5(10)11)4(7)12-6(9)8/h6H,2H2,1H3,(H,10,11). The second-order valence-electron chi connectivity index (χ2n) is 2.12. The predicted octanol–water partition coefficient (Wildman–Crippen LogP) is 2.07. The molecule has 0 saturated heterocycles. The number of halogens is 2. The van der Waals surface area contributed by atoms with E-state index in [9.17, 15) is 4.79 Å². The van der Waals surface area contributed by atoms with Gasteiger partial charge in [0.1, 0.15) is 4.36 Å². The first-order valence-corrected chi connectivity index (χ1v) is 4.97. The number of nitrogens with zero attached hydrogens (tertiary/aromatic N) is 1. The minimum absolute atomic E-state index is 0.101. The van der Waals surface area contributed by atoms with Crippen LogP contribution in [0, 0.1) is 0 Å². The lowest BCUT2D eigenvalue weighted by molar-refractivity contribution is -0.134. The Morgan fingerprint density at radius 3 is 2.75 bits per heavy atom. The summed E-state index contributed by atoms with van der Waals surface area (Å²) in [4.78, 5) is 11.8.